The minimum atomic E-state index is -4.00. The van der Waals surface area contributed by atoms with Gasteiger partial charge in [0, 0.05) is 0 Å². The van der Waals surface area contributed by atoms with Crippen LogP contribution in [0.15, 0.2) is 84.9 Å². The summed E-state index contributed by atoms with van der Waals surface area (Å²) >= 11 is 6.08. The van der Waals surface area contributed by atoms with Crippen LogP contribution in [0, 0.1) is 0 Å². The Bertz CT molecular complexity index is 794. The molecule has 3 aromatic carbocycles. The van der Waals surface area contributed by atoms with Crippen molar-refractivity contribution in [3.63, 3.8) is 0 Å². The highest BCUT2D eigenvalue weighted by molar-refractivity contribution is 7.49. The minimum Gasteiger partial charge on any atom is -0.386 e. The van der Waals surface area contributed by atoms with Gasteiger partial charge in [0.15, 0.2) is 5.75 Å². The third-order valence-electron chi connectivity index (χ3n) is 2.97. The zero-order chi connectivity index (χ0) is 16.8. The molecule has 0 radical (unpaired) electrons. The summed E-state index contributed by atoms with van der Waals surface area (Å²) in [6.07, 6.45) is 0. The van der Waals surface area contributed by atoms with Gasteiger partial charge in [0.05, 0.1) is 5.02 Å². The number of hydrogen-bond acceptors (Lipinski definition) is 4. The molecule has 122 valence electrons. The van der Waals surface area contributed by atoms with E-state index in [4.69, 9.17) is 25.2 Å². The molecule has 0 aromatic heterocycles. The summed E-state index contributed by atoms with van der Waals surface area (Å²) in [6.45, 7) is 0. The normalized spacial score (nSPS) is 10.9. The van der Waals surface area contributed by atoms with Crippen LogP contribution in [-0.4, -0.2) is 0 Å². The van der Waals surface area contributed by atoms with Crippen molar-refractivity contribution >= 4 is 19.4 Å². The zero-order valence-corrected chi connectivity index (χ0v) is 14.2. The van der Waals surface area contributed by atoms with E-state index in [0.29, 0.717) is 16.5 Å². The average molecular weight is 361 g/mol. The molecule has 0 fully saturated rings. The van der Waals surface area contributed by atoms with Gasteiger partial charge >= 0.3 is 7.82 Å². The number of phosphoric ester groups is 1. The van der Waals surface area contributed by atoms with Gasteiger partial charge in [0.25, 0.3) is 0 Å². The van der Waals surface area contributed by atoms with Crippen LogP contribution in [0.2, 0.25) is 5.02 Å². The van der Waals surface area contributed by atoms with Crippen LogP contribution >= 0.6 is 19.4 Å². The van der Waals surface area contributed by atoms with Gasteiger partial charge in [-0.2, -0.15) is 4.57 Å². The third kappa shape index (κ3) is 4.31. The Labute approximate surface area is 145 Å². The standard InChI is InChI=1S/C18H14ClO4P/c19-17-13-7-8-14-18(17)23-24(20,21-15-9-3-1-4-10-15)22-16-11-5-2-6-12-16/h1-14H. The molecule has 0 unspecified atom stereocenters. The molecule has 0 N–H and O–H groups in total. The Kier molecular flexibility index (Phi) is 5.09. The van der Waals surface area contributed by atoms with Crippen LogP contribution in [0.4, 0.5) is 0 Å². The SMILES string of the molecule is O=P(Oc1ccccc1)(Oc1ccccc1)Oc1ccccc1Cl. The van der Waals surface area contributed by atoms with E-state index in [2.05, 4.69) is 0 Å². The summed E-state index contributed by atoms with van der Waals surface area (Å²) in [4.78, 5) is 0. The topological polar surface area (TPSA) is 44.8 Å². The van der Waals surface area contributed by atoms with E-state index in [1.165, 1.54) is 0 Å². The van der Waals surface area contributed by atoms with Gasteiger partial charge in [-0.25, -0.2) is 0 Å². The van der Waals surface area contributed by atoms with E-state index in [-0.39, 0.29) is 5.75 Å². The molecule has 0 heterocycles. The Morgan fingerprint density at radius 3 is 1.58 bits per heavy atom. The molecule has 0 aliphatic carbocycles. The van der Waals surface area contributed by atoms with Crippen LogP contribution < -0.4 is 13.6 Å². The number of rotatable bonds is 6. The second-order valence-corrected chi connectivity index (χ2v) is 6.63. The predicted octanol–water partition coefficient (Wildman–Crippen LogP) is 5.98. The van der Waals surface area contributed by atoms with E-state index in [9.17, 15) is 4.57 Å². The van der Waals surface area contributed by atoms with Crippen LogP contribution in [-0.2, 0) is 4.57 Å². The van der Waals surface area contributed by atoms with Crippen LogP contribution in [0.3, 0.4) is 0 Å². The van der Waals surface area contributed by atoms with E-state index in [0.717, 1.165) is 0 Å². The zero-order valence-electron chi connectivity index (χ0n) is 12.5. The van der Waals surface area contributed by atoms with Crippen molar-refractivity contribution in [1.82, 2.24) is 0 Å². The molecular weight excluding hydrogens is 347 g/mol. The van der Waals surface area contributed by atoms with Crippen molar-refractivity contribution in [1.29, 1.82) is 0 Å². The third-order valence-corrected chi connectivity index (χ3v) is 4.57. The maximum Gasteiger partial charge on any atom is 0.647 e. The quantitative estimate of drug-likeness (QED) is 0.507. The lowest BCUT2D eigenvalue weighted by atomic mass is 10.3. The molecule has 0 bridgehead atoms. The van der Waals surface area contributed by atoms with Crippen molar-refractivity contribution in [3.05, 3.63) is 90.0 Å². The van der Waals surface area contributed by atoms with Gasteiger partial charge in [0.1, 0.15) is 11.5 Å². The first-order valence-corrected chi connectivity index (χ1v) is 9.02. The van der Waals surface area contributed by atoms with Gasteiger partial charge in [0.2, 0.25) is 0 Å². The van der Waals surface area contributed by atoms with Gasteiger partial charge in [-0.05, 0) is 36.4 Å². The van der Waals surface area contributed by atoms with Crippen molar-refractivity contribution in [3.8, 4) is 17.2 Å². The first kappa shape index (κ1) is 16.4. The lowest BCUT2D eigenvalue weighted by Crippen LogP contribution is -2.07. The number of benzene rings is 3. The maximum atomic E-state index is 13.1. The molecule has 0 aliphatic heterocycles. The highest BCUT2D eigenvalue weighted by Crippen LogP contribution is 2.50. The maximum absolute atomic E-state index is 13.1. The summed E-state index contributed by atoms with van der Waals surface area (Å²) in [5.74, 6) is 0.946. The second kappa shape index (κ2) is 7.43. The van der Waals surface area contributed by atoms with Crippen LogP contribution in [0.5, 0.6) is 17.2 Å². The lowest BCUT2D eigenvalue weighted by molar-refractivity contribution is 0.298. The Hall–Kier alpha value is -2.42. The molecule has 4 nitrogen and oxygen atoms in total. The first-order chi connectivity index (χ1) is 11.6. The first-order valence-electron chi connectivity index (χ1n) is 7.18. The molecule has 24 heavy (non-hydrogen) atoms. The molecule has 0 amide bonds. The second-order valence-electron chi connectivity index (χ2n) is 4.78. The van der Waals surface area contributed by atoms with Gasteiger partial charge < -0.3 is 13.6 Å². The number of halogens is 1. The van der Waals surface area contributed by atoms with E-state index in [1.807, 2.05) is 12.1 Å². The number of phosphoric acid groups is 1. The average Bonchev–Trinajstić information content (AvgIpc) is 2.58. The Morgan fingerprint density at radius 1 is 0.625 bits per heavy atom. The molecule has 0 saturated carbocycles. The fourth-order valence-electron chi connectivity index (χ4n) is 1.92. The van der Waals surface area contributed by atoms with Crippen molar-refractivity contribution in [2.75, 3.05) is 0 Å². The largest absolute Gasteiger partial charge is 0.647 e. The molecule has 0 aliphatic rings. The predicted molar refractivity (Wildman–Crippen MR) is 93.8 cm³/mol. The van der Waals surface area contributed by atoms with E-state index in [1.54, 1.807) is 72.8 Å². The Balaban J connectivity index is 1.91. The molecule has 0 saturated heterocycles. The molecular formula is C18H14ClO4P. The van der Waals surface area contributed by atoms with Crippen molar-refractivity contribution in [2.45, 2.75) is 0 Å². The molecule has 6 heteroatoms. The fourth-order valence-corrected chi connectivity index (χ4v) is 3.42. The summed E-state index contributed by atoms with van der Waals surface area (Å²) < 4.78 is 29.7. The van der Waals surface area contributed by atoms with Gasteiger partial charge in [-0.3, -0.25) is 0 Å². The summed E-state index contributed by atoms with van der Waals surface area (Å²) in [7, 11) is -4.00. The lowest BCUT2D eigenvalue weighted by Gasteiger charge is -2.19. The molecule has 0 spiro atoms. The van der Waals surface area contributed by atoms with Crippen molar-refractivity contribution < 1.29 is 18.1 Å². The molecule has 3 rings (SSSR count). The van der Waals surface area contributed by atoms with E-state index >= 15 is 0 Å². The number of hydrogen-bond donors (Lipinski definition) is 0. The minimum absolute atomic E-state index is 0.217. The highest BCUT2D eigenvalue weighted by Gasteiger charge is 2.33. The fraction of sp³-hybridized carbons (Fsp3) is 0. The summed E-state index contributed by atoms with van der Waals surface area (Å²) in [6, 6.07) is 24.0. The monoisotopic (exact) mass is 360 g/mol. The van der Waals surface area contributed by atoms with Crippen LogP contribution in [0.1, 0.15) is 0 Å². The molecule has 0 atom stereocenters. The summed E-state index contributed by atoms with van der Waals surface area (Å²) in [5.41, 5.74) is 0. The molecule has 3 aromatic rings. The highest BCUT2D eigenvalue weighted by atomic mass is 35.5. The van der Waals surface area contributed by atoms with Crippen molar-refractivity contribution in [2.24, 2.45) is 0 Å². The smallest absolute Gasteiger partial charge is 0.386 e. The summed E-state index contributed by atoms with van der Waals surface area (Å²) in [5, 5.41) is 0.311. The number of para-hydroxylation sites is 3. The van der Waals surface area contributed by atoms with Gasteiger partial charge in [-0.15, -0.1) is 0 Å². The van der Waals surface area contributed by atoms with E-state index < -0.39 is 7.82 Å². The van der Waals surface area contributed by atoms with Crippen LogP contribution in [0.25, 0.3) is 0 Å². The Morgan fingerprint density at radius 2 is 1.08 bits per heavy atom. The van der Waals surface area contributed by atoms with Gasteiger partial charge in [-0.1, -0.05) is 60.1 Å².